The topological polar surface area (TPSA) is 91.4 Å². The Balaban J connectivity index is 1.58. The molecule has 0 fully saturated rings. The van der Waals surface area contributed by atoms with Crippen LogP contribution in [0.1, 0.15) is 46.6 Å². The number of amides is 3. The molecular formula is C27H32N4O3S. The van der Waals surface area contributed by atoms with Crippen LogP contribution >= 0.6 is 11.3 Å². The van der Waals surface area contributed by atoms with Gasteiger partial charge in [-0.05, 0) is 62.1 Å². The van der Waals surface area contributed by atoms with Gasteiger partial charge in [-0.3, -0.25) is 14.4 Å². The number of rotatable bonds is 9. The molecule has 2 N–H and O–H groups in total. The largest absolute Gasteiger partial charge is 0.329 e. The van der Waals surface area contributed by atoms with Crippen LogP contribution in [0.2, 0.25) is 0 Å². The van der Waals surface area contributed by atoms with Crippen LogP contribution in [0.3, 0.4) is 0 Å². The fraction of sp³-hybridized carbons (Fsp3) is 0.333. The van der Waals surface area contributed by atoms with E-state index in [0.29, 0.717) is 22.9 Å². The zero-order valence-electron chi connectivity index (χ0n) is 20.8. The number of nitrogens with zero attached hydrogens (tertiary/aromatic N) is 2. The van der Waals surface area contributed by atoms with Crippen LogP contribution in [0.15, 0.2) is 47.8 Å². The molecule has 0 saturated heterocycles. The predicted molar refractivity (Wildman–Crippen MR) is 141 cm³/mol. The Kier molecular flexibility index (Phi) is 8.76. The van der Waals surface area contributed by atoms with Crippen molar-refractivity contribution in [3.05, 3.63) is 75.8 Å². The second-order valence-corrected chi connectivity index (χ2v) is 10.0. The second-order valence-electron chi connectivity index (χ2n) is 9.16. The van der Waals surface area contributed by atoms with Crippen LogP contribution < -0.4 is 10.6 Å². The lowest BCUT2D eigenvalue weighted by Gasteiger charge is -2.24. The third-order valence-electron chi connectivity index (χ3n) is 5.44. The number of hydrogen-bond acceptors (Lipinski definition) is 5. The number of benzene rings is 2. The molecule has 3 aromatic rings. The van der Waals surface area contributed by atoms with Gasteiger partial charge in [0.25, 0.3) is 5.91 Å². The number of thiazole rings is 1. The SMILES string of the molecule is Cc1ccc(C(=O)N(CC(=O)Nc2nc(CC(=O)Nc3ccc(C)c(C)c3)cs2)CC(C)C)cc1. The van der Waals surface area contributed by atoms with Crippen molar-refractivity contribution >= 4 is 39.9 Å². The molecule has 0 saturated carbocycles. The van der Waals surface area contributed by atoms with Crippen molar-refractivity contribution in [2.75, 3.05) is 23.7 Å². The Morgan fingerprint density at radius 2 is 1.66 bits per heavy atom. The maximum Gasteiger partial charge on any atom is 0.254 e. The summed E-state index contributed by atoms with van der Waals surface area (Å²) in [6, 6.07) is 13.1. The second kappa shape index (κ2) is 11.8. The van der Waals surface area contributed by atoms with Crippen LogP contribution in [0, 0.1) is 26.7 Å². The number of aryl methyl sites for hydroxylation is 3. The minimum atomic E-state index is -0.327. The van der Waals surface area contributed by atoms with E-state index < -0.39 is 0 Å². The molecule has 7 nitrogen and oxygen atoms in total. The summed E-state index contributed by atoms with van der Waals surface area (Å²) >= 11 is 1.25. The van der Waals surface area contributed by atoms with Gasteiger partial charge in [-0.1, -0.05) is 37.6 Å². The molecule has 2 aromatic carbocycles. The van der Waals surface area contributed by atoms with Gasteiger partial charge >= 0.3 is 0 Å². The summed E-state index contributed by atoms with van der Waals surface area (Å²) in [6.07, 6.45) is 0.102. The Hall–Kier alpha value is -3.52. The fourth-order valence-electron chi connectivity index (χ4n) is 3.51. The van der Waals surface area contributed by atoms with E-state index in [1.54, 1.807) is 22.4 Å². The van der Waals surface area contributed by atoms with E-state index in [1.165, 1.54) is 11.3 Å². The summed E-state index contributed by atoms with van der Waals surface area (Å²) < 4.78 is 0. The smallest absolute Gasteiger partial charge is 0.254 e. The van der Waals surface area contributed by atoms with Crippen molar-refractivity contribution in [2.24, 2.45) is 5.92 Å². The first-order chi connectivity index (χ1) is 16.6. The Labute approximate surface area is 210 Å². The first-order valence-electron chi connectivity index (χ1n) is 11.6. The molecule has 0 unspecified atom stereocenters. The van der Waals surface area contributed by atoms with Gasteiger partial charge in [-0.15, -0.1) is 11.3 Å². The number of aromatic nitrogens is 1. The molecule has 35 heavy (non-hydrogen) atoms. The predicted octanol–water partition coefficient (Wildman–Crippen LogP) is 4.99. The van der Waals surface area contributed by atoms with E-state index in [4.69, 9.17) is 0 Å². The van der Waals surface area contributed by atoms with Gasteiger partial charge in [-0.2, -0.15) is 0 Å². The normalized spacial score (nSPS) is 10.8. The van der Waals surface area contributed by atoms with E-state index >= 15 is 0 Å². The van der Waals surface area contributed by atoms with Crippen molar-refractivity contribution in [3.63, 3.8) is 0 Å². The van der Waals surface area contributed by atoms with Crippen molar-refractivity contribution in [1.82, 2.24) is 9.88 Å². The van der Waals surface area contributed by atoms with Gasteiger partial charge in [0.2, 0.25) is 11.8 Å². The third kappa shape index (κ3) is 7.75. The molecule has 184 valence electrons. The third-order valence-corrected chi connectivity index (χ3v) is 6.24. The molecule has 0 spiro atoms. The monoisotopic (exact) mass is 492 g/mol. The van der Waals surface area contributed by atoms with Gasteiger partial charge in [-0.25, -0.2) is 4.98 Å². The highest BCUT2D eigenvalue weighted by molar-refractivity contribution is 7.13. The summed E-state index contributed by atoms with van der Waals surface area (Å²) in [7, 11) is 0. The molecule has 0 atom stereocenters. The highest BCUT2D eigenvalue weighted by Crippen LogP contribution is 2.18. The Morgan fingerprint density at radius 1 is 0.943 bits per heavy atom. The lowest BCUT2D eigenvalue weighted by Crippen LogP contribution is -2.40. The van der Waals surface area contributed by atoms with Crippen LogP contribution in [0.25, 0.3) is 0 Å². The summed E-state index contributed by atoms with van der Waals surface area (Å²) in [5.74, 6) is -0.481. The van der Waals surface area contributed by atoms with E-state index in [1.807, 2.05) is 65.0 Å². The first-order valence-corrected chi connectivity index (χ1v) is 12.5. The molecule has 1 aromatic heterocycles. The minimum Gasteiger partial charge on any atom is -0.329 e. The van der Waals surface area contributed by atoms with Crippen molar-refractivity contribution in [3.8, 4) is 0 Å². The van der Waals surface area contributed by atoms with Gasteiger partial charge in [0.05, 0.1) is 12.1 Å². The first kappa shape index (κ1) is 26.1. The maximum absolute atomic E-state index is 13.0. The lowest BCUT2D eigenvalue weighted by atomic mass is 10.1. The molecule has 3 rings (SSSR count). The average Bonchev–Trinajstić information content (AvgIpc) is 3.21. The van der Waals surface area contributed by atoms with Gasteiger partial charge in [0, 0.05) is 23.2 Å². The molecule has 0 aliphatic heterocycles. The molecule has 0 aliphatic carbocycles. The van der Waals surface area contributed by atoms with Gasteiger partial charge < -0.3 is 15.5 Å². The number of anilines is 2. The molecule has 0 bridgehead atoms. The fourth-order valence-corrected chi connectivity index (χ4v) is 4.23. The molecule has 0 radical (unpaired) electrons. The van der Waals surface area contributed by atoms with E-state index in [2.05, 4.69) is 15.6 Å². The van der Waals surface area contributed by atoms with Crippen LogP contribution in [0.5, 0.6) is 0 Å². The molecular weight excluding hydrogens is 460 g/mol. The van der Waals surface area contributed by atoms with Gasteiger partial charge in [0.15, 0.2) is 5.13 Å². The van der Waals surface area contributed by atoms with Crippen molar-refractivity contribution in [1.29, 1.82) is 0 Å². The maximum atomic E-state index is 13.0. The van der Waals surface area contributed by atoms with E-state index in [9.17, 15) is 14.4 Å². The van der Waals surface area contributed by atoms with Crippen molar-refractivity contribution < 1.29 is 14.4 Å². The number of carbonyl (C=O) groups is 3. The Morgan fingerprint density at radius 3 is 2.31 bits per heavy atom. The number of carbonyl (C=O) groups excluding carboxylic acids is 3. The highest BCUT2D eigenvalue weighted by Gasteiger charge is 2.20. The average molecular weight is 493 g/mol. The van der Waals surface area contributed by atoms with E-state index in [-0.39, 0.29) is 36.6 Å². The lowest BCUT2D eigenvalue weighted by molar-refractivity contribution is -0.117. The summed E-state index contributed by atoms with van der Waals surface area (Å²) in [5, 5.41) is 7.79. The standard InChI is InChI=1S/C27H32N4O3S/c1-17(2)14-31(26(34)21-9-6-18(3)7-10-21)15-25(33)30-27-29-23(16-35-27)13-24(32)28-22-11-8-19(4)20(5)12-22/h6-12,16-17H,13-15H2,1-5H3,(H,28,32)(H,29,30,33). The van der Waals surface area contributed by atoms with Crippen LogP contribution in [-0.2, 0) is 16.0 Å². The summed E-state index contributed by atoms with van der Waals surface area (Å²) in [5.41, 5.74) is 5.20. The number of nitrogens with one attached hydrogen (secondary N) is 2. The van der Waals surface area contributed by atoms with Crippen molar-refractivity contribution in [2.45, 2.75) is 41.0 Å². The molecule has 0 aliphatic rings. The number of hydrogen-bond donors (Lipinski definition) is 2. The van der Waals surface area contributed by atoms with Gasteiger partial charge in [0.1, 0.15) is 6.54 Å². The molecule has 3 amide bonds. The zero-order chi connectivity index (χ0) is 25.5. The van der Waals surface area contributed by atoms with Crippen LogP contribution in [0.4, 0.5) is 10.8 Å². The zero-order valence-corrected chi connectivity index (χ0v) is 21.7. The van der Waals surface area contributed by atoms with Crippen LogP contribution in [-0.4, -0.2) is 40.7 Å². The summed E-state index contributed by atoms with van der Waals surface area (Å²) in [4.78, 5) is 44.0. The van der Waals surface area contributed by atoms with E-state index in [0.717, 1.165) is 22.4 Å². The molecule has 8 heteroatoms. The minimum absolute atomic E-state index is 0.0763. The Bertz CT molecular complexity index is 1200. The quantitative estimate of drug-likeness (QED) is 0.440. The molecule has 1 heterocycles. The highest BCUT2D eigenvalue weighted by atomic mass is 32.1. The summed E-state index contributed by atoms with van der Waals surface area (Å²) in [6.45, 7) is 10.4.